The largest absolute Gasteiger partial charge is 0.360 e. The summed E-state index contributed by atoms with van der Waals surface area (Å²) >= 11 is 1.92. The zero-order valence-electron chi connectivity index (χ0n) is 9.67. The molecule has 2 nitrogen and oxygen atoms in total. The van der Waals surface area contributed by atoms with Crippen LogP contribution in [0.4, 0.5) is 0 Å². The SMILES string of the molecule is C(=NCCSCc1ccccc1)c1ccc[nH]1. The summed E-state index contributed by atoms with van der Waals surface area (Å²) in [6, 6.07) is 14.5. The van der Waals surface area contributed by atoms with Crippen molar-refractivity contribution in [2.45, 2.75) is 5.75 Å². The fourth-order valence-electron chi connectivity index (χ4n) is 1.47. The summed E-state index contributed by atoms with van der Waals surface area (Å²) in [5, 5.41) is 0. The minimum absolute atomic E-state index is 0.872. The van der Waals surface area contributed by atoms with Crippen LogP contribution in [0.1, 0.15) is 11.3 Å². The molecule has 0 atom stereocenters. The van der Waals surface area contributed by atoms with Gasteiger partial charge in [-0.2, -0.15) is 11.8 Å². The maximum atomic E-state index is 4.37. The van der Waals surface area contributed by atoms with Gasteiger partial charge < -0.3 is 4.98 Å². The number of aromatic nitrogens is 1. The van der Waals surface area contributed by atoms with Crippen molar-refractivity contribution in [3.05, 3.63) is 59.9 Å². The predicted octanol–water partition coefficient (Wildman–Crippen LogP) is 3.37. The number of nitrogens with one attached hydrogen (secondary N) is 1. The number of H-pyrrole nitrogens is 1. The topological polar surface area (TPSA) is 28.1 Å². The van der Waals surface area contributed by atoms with Crippen molar-refractivity contribution >= 4 is 18.0 Å². The van der Waals surface area contributed by atoms with Crippen molar-refractivity contribution in [1.29, 1.82) is 0 Å². The lowest BCUT2D eigenvalue weighted by Crippen LogP contribution is -1.89. The number of hydrogen-bond donors (Lipinski definition) is 1. The second kappa shape index (κ2) is 6.97. The van der Waals surface area contributed by atoms with Crippen LogP contribution in [0, 0.1) is 0 Å². The van der Waals surface area contributed by atoms with Gasteiger partial charge in [0.1, 0.15) is 0 Å². The van der Waals surface area contributed by atoms with E-state index in [1.807, 2.05) is 36.3 Å². The molecular formula is C14H16N2S. The van der Waals surface area contributed by atoms with Crippen LogP contribution >= 0.6 is 11.8 Å². The van der Waals surface area contributed by atoms with Gasteiger partial charge in [-0.15, -0.1) is 0 Å². The molecule has 0 aliphatic heterocycles. The van der Waals surface area contributed by atoms with Crippen LogP contribution < -0.4 is 0 Å². The summed E-state index contributed by atoms with van der Waals surface area (Å²) in [4.78, 5) is 7.47. The molecule has 2 aromatic rings. The molecule has 0 aliphatic rings. The van der Waals surface area contributed by atoms with Gasteiger partial charge in [0.15, 0.2) is 0 Å². The van der Waals surface area contributed by atoms with Crippen molar-refractivity contribution in [1.82, 2.24) is 4.98 Å². The highest BCUT2D eigenvalue weighted by Crippen LogP contribution is 2.10. The summed E-state index contributed by atoms with van der Waals surface area (Å²) < 4.78 is 0. The van der Waals surface area contributed by atoms with E-state index in [1.54, 1.807) is 0 Å². The fourth-order valence-corrected chi connectivity index (χ4v) is 2.28. The Balaban J connectivity index is 1.61. The zero-order valence-corrected chi connectivity index (χ0v) is 10.5. The normalized spacial score (nSPS) is 11.1. The number of aromatic amines is 1. The molecule has 17 heavy (non-hydrogen) atoms. The third-order valence-electron chi connectivity index (χ3n) is 2.33. The number of benzene rings is 1. The molecule has 2 rings (SSSR count). The molecule has 0 amide bonds. The summed E-state index contributed by atoms with van der Waals surface area (Å²) in [5.41, 5.74) is 2.45. The van der Waals surface area contributed by atoms with Gasteiger partial charge in [0.2, 0.25) is 0 Å². The quantitative estimate of drug-likeness (QED) is 0.612. The van der Waals surface area contributed by atoms with Crippen molar-refractivity contribution < 1.29 is 0 Å². The Kier molecular flexibility index (Phi) is 4.91. The molecular weight excluding hydrogens is 228 g/mol. The number of hydrogen-bond acceptors (Lipinski definition) is 2. The lowest BCUT2D eigenvalue weighted by Gasteiger charge is -1.99. The molecule has 3 heteroatoms. The van der Waals surface area contributed by atoms with Gasteiger partial charge in [0, 0.05) is 30.5 Å². The van der Waals surface area contributed by atoms with Crippen LogP contribution in [0.25, 0.3) is 0 Å². The molecule has 0 radical (unpaired) electrons. The summed E-state index contributed by atoms with van der Waals surface area (Å²) in [6.45, 7) is 0.872. The van der Waals surface area contributed by atoms with Gasteiger partial charge in [-0.3, -0.25) is 4.99 Å². The van der Waals surface area contributed by atoms with E-state index in [0.717, 1.165) is 23.7 Å². The molecule has 1 heterocycles. The molecule has 0 spiro atoms. The van der Waals surface area contributed by atoms with Crippen molar-refractivity contribution in [3.63, 3.8) is 0 Å². The molecule has 0 bridgehead atoms. The Morgan fingerprint density at radius 2 is 2.00 bits per heavy atom. The zero-order chi connectivity index (χ0) is 11.8. The van der Waals surface area contributed by atoms with Gasteiger partial charge in [-0.05, 0) is 17.7 Å². The molecule has 0 saturated heterocycles. The van der Waals surface area contributed by atoms with E-state index in [1.165, 1.54) is 5.56 Å². The highest BCUT2D eigenvalue weighted by atomic mass is 32.2. The predicted molar refractivity (Wildman–Crippen MR) is 75.9 cm³/mol. The highest BCUT2D eigenvalue weighted by Gasteiger charge is 1.91. The van der Waals surface area contributed by atoms with E-state index < -0.39 is 0 Å². The second-order valence-corrected chi connectivity index (χ2v) is 4.80. The van der Waals surface area contributed by atoms with E-state index >= 15 is 0 Å². The first-order valence-corrected chi connectivity index (χ1v) is 6.85. The number of rotatable bonds is 6. The van der Waals surface area contributed by atoms with Crippen LogP contribution in [0.5, 0.6) is 0 Å². The summed E-state index contributed by atoms with van der Waals surface area (Å²) in [6.07, 6.45) is 3.80. The fraction of sp³-hybridized carbons (Fsp3) is 0.214. The van der Waals surface area contributed by atoms with Gasteiger partial charge in [-0.1, -0.05) is 30.3 Å². The Morgan fingerprint density at radius 1 is 1.12 bits per heavy atom. The average molecular weight is 244 g/mol. The smallest absolute Gasteiger partial charge is 0.0561 e. The van der Waals surface area contributed by atoms with E-state index in [4.69, 9.17) is 0 Å². The Bertz CT molecular complexity index is 435. The Morgan fingerprint density at radius 3 is 2.76 bits per heavy atom. The van der Waals surface area contributed by atoms with E-state index in [9.17, 15) is 0 Å². The van der Waals surface area contributed by atoms with Crippen molar-refractivity contribution in [3.8, 4) is 0 Å². The molecule has 0 fully saturated rings. The third-order valence-corrected chi connectivity index (χ3v) is 3.34. The third kappa shape index (κ3) is 4.49. The molecule has 88 valence electrons. The first kappa shape index (κ1) is 12.0. The van der Waals surface area contributed by atoms with Crippen LogP contribution in [0.15, 0.2) is 53.7 Å². The lowest BCUT2D eigenvalue weighted by atomic mass is 10.2. The van der Waals surface area contributed by atoms with Gasteiger partial charge >= 0.3 is 0 Å². The minimum atomic E-state index is 0.872. The number of aliphatic imine (C=N–C) groups is 1. The molecule has 0 unspecified atom stereocenters. The lowest BCUT2D eigenvalue weighted by molar-refractivity contribution is 1.15. The van der Waals surface area contributed by atoms with E-state index in [2.05, 4.69) is 40.3 Å². The Labute approximate surface area is 106 Å². The Hall–Kier alpha value is -1.48. The molecule has 1 N–H and O–H groups in total. The van der Waals surface area contributed by atoms with Crippen LogP contribution in [-0.4, -0.2) is 23.5 Å². The molecule has 1 aromatic carbocycles. The maximum absolute atomic E-state index is 4.37. The van der Waals surface area contributed by atoms with Gasteiger partial charge in [0.25, 0.3) is 0 Å². The van der Waals surface area contributed by atoms with Crippen LogP contribution in [0.3, 0.4) is 0 Å². The molecule has 0 saturated carbocycles. The first-order chi connectivity index (χ1) is 8.45. The van der Waals surface area contributed by atoms with Crippen molar-refractivity contribution in [2.75, 3.05) is 12.3 Å². The number of nitrogens with zero attached hydrogens (tertiary/aromatic N) is 1. The summed E-state index contributed by atoms with van der Waals surface area (Å²) in [7, 11) is 0. The van der Waals surface area contributed by atoms with Crippen LogP contribution in [-0.2, 0) is 5.75 Å². The highest BCUT2D eigenvalue weighted by molar-refractivity contribution is 7.98. The van der Waals surface area contributed by atoms with Gasteiger partial charge in [0.05, 0.1) is 5.69 Å². The van der Waals surface area contributed by atoms with E-state index in [-0.39, 0.29) is 0 Å². The van der Waals surface area contributed by atoms with Crippen LogP contribution in [0.2, 0.25) is 0 Å². The average Bonchev–Trinajstić information content (AvgIpc) is 2.88. The maximum Gasteiger partial charge on any atom is 0.0561 e. The second-order valence-electron chi connectivity index (χ2n) is 3.70. The standard InChI is InChI=1S/C14H16N2S/c1-2-5-13(6-3-1)12-17-10-9-15-11-14-7-4-8-16-14/h1-8,11,16H,9-10,12H2. The molecule has 1 aromatic heterocycles. The molecule has 0 aliphatic carbocycles. The monoisotopic (exact) mass is 244 g/mol. The summed E-state index contributed by atoms with van der Waals surface area (Å²) in [5.74, 6) is 2.13. The first-order valence-electron chi connectivity index (χ1n) is 5.70. The minimum Gasteiger partial charge on any atom is -0.360 e. The number of thioether (sulfide) groups is 1. The van der Waals surface area contributed by atoms with Crippen molar-refractivity contribution in [2.24, 2.45) is 4.99 Å². The van der Waals surface area contributed by atoms with E-state index in [0.29, 0.717) is 0 Å². The van der Waals surface area contributed by atoms with Gasteiger partial charge in [-0.25, -0.2) is 0 Å².